The molecule has 3 rings (SSSR count). The first-order chi connectivity index (χ1) is 14.2. The van der Waals surface area contributed by atoms with Gasteiger partial charge in [0.15, 0.2) is 0 Å². The van der Waals surface area contributed by atoms with Gasteiger partial charge >= 0.3 is 12.4 Å². The lowest BCUT2D eigenvalue weighted by Gasteiger charge is -2.12. The molecule has 31 heavy (non-hydrogen) atoms. The number of rotatable bonds is 4. The molecule has 0 aliphatic rings. The van der Waals surface area contributed by atoms with Gasteiger partial charge in [-0.15, -0.1) is 0 Å². The van der Waals surface area contributed by atoms with Crippen molar-refractivity contribution in [1.29, 1.82) is 0 Å². The van der Waals surface area contributed by atoms with Crippen molar-refractivity contribution in [2.75, 3.05) is 4.72 Å². The number of halogens is 8. The topological polar surface area (TPSA) is 62.0 Å². The molecular formula is C18H10F8N2O2S. The van der Waals surface area contributed by atoms with E-state index >= 15 is 0 Å². The van der Waals surface area contributed by atoms with Crippen molar-refractivity contribution in [2.24, 2.45) is 0 Å². The summed E-state index contributed by atoms with van der Waals surface area (Å²) >= 11 is 0. The van der Waals surface area contributed by atoms with Crippen molar-refractivity contribution >= 4 is 15.7 Å². The Labute approximate surface area is 169 Å². The fourth-order valence-electron chi connectivity index (χ4n) is 2.70. The Kier molecular flexibility index (Phi) is 5.50. The van der Waals surface area contributed by atoms with Gasteiger partial charge in [-0.2, -0.15) is 26.3 Å². The number of nitrogens with one attached hydrogen (secondary N) is 2. The second-order valence-corrected chi connectivity index (χ2v) is 7.89. The van der Waals surface area contributed by atoms with Crippen LogP contribution in [0.4, 0.5) is 40.8 Å². The number of aromatic amines is 1. The van der Waals surface area contributed by atoms with Gasteiger partial charge in [-0.3, -0.25) is 4.72 Å². The van der Waals surface area contributed by atoms with Crippen LogP contribution in [0.15, 0.2) is 53.6 Å². The number of anilines is 1. The number of H-pyrrole nitrogens is 1. The number of aromatic nitrogens is 1. The summed E-state index contributed by atoms with van der Waals surface area (Å²) < 4.78 is 131. The molecule has 0 aliphatic carbocycles. The van der Waals surface area contributed by atoms with Crippen LogP contribution in [-0.4, -0.2) is 13.4 Å². The van der Waals surface area contributed by atoms with Crippen LogP contribution in [0.2, 0.25) is 0 Å². The quantitative estimate of drug-likeness (QED) is 0.474. The van der Waals surface area contributed by atoms with Crippen molar-refractivity contribution in [3.8, 4) is 11.3 Å². The first-order valence-electron chi connectivity index (χ1n) is 8.14. The van der Waals surface area contributed by atoms with E-state index in [1.807, 2.05) is 0 Å². The van der Waals surface area contributed by atoms with Gasteiger partial charge in [0.1, 0.15) is 16.5 Å². The van der Waals surface area contributed by atoms with Crippen LogP contribution in [0, 0.1) is 11.6 Å². The monoisotopic (exact) mass is 470 g/mol. The van der Waals surface area contributed by atoms with Crippen LogP contribution >= 0.6 is 0 Å². The van der Waals surface area contributed by atoms with E-state index in [1.165, 1.54) is 6.07 Å². The van der Waals surface area contributed by atoms with Crippen LogP contribution in [0.5, 0.6) is 0 Å². The normalized spacial score (nSPS) is 12.8. The molecule has 2 N–H and O–H groups in total. The number of sulfonamides is 1. The summed E-state index contributed by atoms with van der Waals surface area (Å²) in [7, 11) is -4.69. The van der Waals surface area contributed by atoms with Gasteiger partial charge in [-0.1, -0.05) is 18.2 Å². The molecule has 0 unspecified atom stereocenters. The Balaban J connectivity index is 1.96. The van der Waals surface area contributed by atoms with E-state index < -0.39 is 55.7 Å². The van der Waals surface area contributed by atoms with Crippen molar-refractivity contribution in [2.45, 2.75) is 17.2 Å². The molecule has 1 aromatic heterocycles. The van der Waals surface area contributed by atoms with Crippen molar-refractivity contribution in [3.63, 3.8) is 0 Å². The summed E-state index contributed by atoms with van der Waals surface area (Å²) in [6, 6.07) is 4.91. The summed E-state index contributed by atoms with van der Waals surface area (Å²) in [6.07, 6.45) is -9.15. The lowest BCUT2D eigenvalue weighted by molar-refractivity contribution is -0.140. The Morgan fingerprint density at radius 2 is 1.42 bits per heavy atom. The third-order valence-corrected chi connectivity index (χ3v) is 5.44. The highest BCUT2D eigenvalue weighted by Crippen LogP contribution is 2.37. The zero-order valence-electron chi connectivity index (χ0n) is 14.9. The van der Waals surface area contributed by atoms with E-state index in [-0.39, 0.29) is 23.4 Å². The second-order valence-electron chi connectivity index (χ2n) is 6.21. The van der Waals surface area contributed by atoms with Crippen LogP contribution in [0.1, 0.15) is 11.1 Å². The predicted molar refractivity (Wildman–Crippen MR) is 93.4 cm³/mol. The average Bonchev–Trinajstić information content (AvgIpc) is 3.13. The van der Waals surface area contributed by atoms with Gasteiger partial charge < -0.3 is 4.98 Å². The molecule has 0 fully saturated rings. The van der Waals surface area contributed by atoms with E-state index in [0.29, 0.717) is 0 Å². The smallest absolute Gasteiger partial charge is 0.360 e. The molecule has 0 spiro atoms. The Morgan fingerprint density at radius 3 is 2.03 bits per heavy atom. The molecule has 0 saturated heterocycles. The minimum atomic E-state index is -5.20. The predicted octanol–water partition coefficient (Wildman–Crippen LogP) is 5.80. The molecule has 4 nitrogen and oxygen atoms in total. The molecule has 0 radical (unpaired) electrons. The fourth-order valence-corrected chi connectivity index (χ4v) is 3.75. The summed E-state index contributed by atoms with van der Waals surface area (Å²) in [6.45, 7) is 0. The van der Waals surface area contributed by atoms with Gasteiger partial charge in [0.05, 0.1) is 16.8 Å². The number of benzene rings is 2. The largest absolute Gasteiger partial charge is 0.419 e. The highest BCUT2D eigenvalue weighted by molar-refractivity contribution is 7.92. The highest BCUT2D eigenvalue weighted by Gasteiger charge is 2.36. The van der Waals surface area contributed by atoms with E-state index in [4.69, 9.17) is 0 Å². The van der Waals surface area contributed by atoms with E-state index in [1.54, 1.807) is 4.72 Å². The van der Waals surface area contributed by atoms with Crippen LogP contribution in [-0.2, 0) is 22.4 Å². The van der Waals surface area contributed by atoms with E-state index in [0.717, 1.165) is 30.5 Å². The van der Waals surface area contributed by atoms with E-state index in [9.17, 15) is 43.5 Å². The first-order valence-corrected chi connectivity index (χ1v) is 9.62. The fraction of sp³-hybridized carbons (Fsp3) is 0.111. The molecule has 0 amide bonds. The molecular weight excluding hydrogens is 460 g/mol. The van der Waals surface area contributed by atoms with Crippen LogP contribution < -0.4 is 4.72 Å². The third kappa shape index (κ3) is 4.65. The zero-order chi connectivity index (χ0) is 23.2. The zero-order valence-corrected chi connectivity index (χ0v) is 15.7. The Morgan fingerprint density at radius 1 is 0.806 bits per heavy atom. The SMILES string of the molecule is O=S(=O)(Nc1cc(F)c(C(F)(F)F)cc1F)c1c[nH]c(-c2ccccc2C(F)(F)F)c1. The number of alkyl halides is 6. The third-order valence-electron chi connectivity index (χ3n) is 4.10. The van der Waals surface area contributed by atoms with Crippen LogP contribution in [0.3, 0.4) is 0 Å². The maximum absolute atomic E-state index is 13.9. The highest BCUT2D eigenvalue weighted by atomic mass is 32.2. The minimum absolute atomic E-state index is 0.0161. The summed E-state index contributed by atoms with van der Waals surface area (Å²) in [5.41, 5.74) is -4.70. The Bertz CT molecular complexity index is 1230. The average molecular weight is 470 g/mol. The van der Waals surface area contributed by atoms with Gasteiger partial charge in [0, 0.05) is 23.5 Å². The molecule has 0 atom stereocenters. The molecule has 13 heteroatoms. The first kappa shape index (κ1) is 22.6. The summed E-state index contributed by atoms with van der Waals surface area (Å²) in [5.74, 6) is -3.61. The van der Waals surface area contributed by atoms with Gasteiger partial charge in [-0.25, -0.2) is 17.2 Å². The molecule has 3 aromatic rings. The summed E-state index contributed by atoms with van der Waals surface area (Å²) in [4.78, 5) is 1.69. The molecule has 0 bridgehead atoms. The standard InChI is InChI=1S/C18H10F8N2O2S/c19-13-7-16(14(20)6-12(13)18(24,25)26)28-31(29,30)9-5-15(27-8-9)10-3-1-2-4-11(10)17(21,22)23/h1-8,27-28H. The number of hydrogen-bond donors (Lipinski definition) is 2. The summed E-state index contributed by atoms with van der Waals surface area (Å²) in [5, 5.41) is 0. The second kappa shape index (κ2) is 7.55. The minimum Gasteiger partial charge on any atom is -0.360 e. The maximum Gasteiger partial charge on any atom is 0.419 e. The van der Waals surface area contributed by atoms with Crippen molar-refractivity contribution < 1.29 is 43.5 Å². The van der Waals surface area contributed by atoms with Crippen molar-refractivity contribution in [3.05, 3.63) is 71.4 Å². The van der Waals surface area contributed by atoms with Gasteiger partial charge in [0.25, 0.3) is 10.0 Å². The lowest BCUT2D eigenvalue weighted by atomic mass is 10.0. The molecule has 166 valence electrons. The van der Waals surface area contributed by atoms with Crippen LogP contribution in [0.25, 0.3) is 11.3 Å². The van der Waals surface area contributed by atoms with Gasteiger partial charge in [-0.05, 0) is 18.2 Å². The maximum atomic E-state index is 13.9. The molecule has 2 aromatic carbocycles. The molecule has 1 heterocycles. The van der Waals surface area contributed by atoms with E-state index in [2.05, 4.69) is 4.98 Å². The molecule has 0 aliphatic heterocycles. The number of hydrogen-bond acceptors (Lipinski definition) is 2. The van der Waals surface area contributed by atoms with Crippen molar-refractivity contribution in [1.82, 2.24) is 4.98 Å². The lowest BCUT2D eigenvalue weighted by Crippen LogP contribution is -2.15. The Hall–Kier alpha value is -3.09. The molecule has 0 saturated carbocycles. The van der Waals surface area contributed by atoms with Gasteiger partial charge in [0.2, 0.25) is 0 Å².